The first-order valence-corrected chi connectivity index (χ1v) is 6.48. The monoisotopic (exact) mass is 212 g/mol. The van der Waals surface area contributed by atoms with Crippen molar-refractivity contribution in [3.63, 3.8) is 0 Å². The summed E-state index contributed by atoms with van der Waals surface area (Å²) in [4.78, 5) is 10.6. The topological polar surface area (TPSA) is 17.1 Å². The second-order valence-corrected chi connectivity index (χ2v) is 3.37. The first kappa shape index (κ1) is 16.8. The summed E-state index contributed by atoms with van der Waals surface area (Å²) >= 11 is 0. The summed E-state index contributed by atoms with van der Waals surface area (Å²) in [6.07, 6.45) is 10.4. The molecule has 1 heteroatoms. The van der Waals surface area contributed by atoms with Gasteiger partial charge in [-0.25, -0.2) is 0 Å². The van der Waals surface area contributed by atoms with Crippen LogP contribution in [0.3, 0.4) is 0 Å². The van der Waals surface area contributed by atoms with E-state index in [0.29, 0.717) is 5.92 Å². The highest BCUT2D eigenvalue weighted by molar-refractivity contribution is 5.87. The van der Waals surface area contributed by atoms with Gasteiger partial charge in [-0.3, -0.25) is 4.79 Å². The van der Waals surface area contributed by atoms with Crippen molar-refractivity contribution >= 4 is 5.78 Å². The van der Waals surface area contributed by atoms with Gasteiger partial charge in [0.25, 0.3) is 0 Å². The van der Waals surface area contributed by atoms with Crippen LogP contribution in [0, 0.1) is 5.92 Å². The Morgan fingerprint density at radius 3 is 1.87 bits per heavy atom. The number of hydrogen-bond acceptors (Lipinski definition) is 1. The normalized spacial score (nSPS) is 16.1. The fourth-order valence-electron chi connectivity index (χ4n) is 1.60. The van der Waals surface area contributed by atoms with Crippen molar-refractivity contribution in [3.05, 3.63) is 12.2 Å². The number of rotatable bonds is 2. The van der Waals surface area contributed by atoms with E-state index in [1.54, 1.807) is 13.0 Å². The minimum absolute atomic E-state index is 0.176. The molecule has 1 aliphatic rings. The molecule has 0 aromatic rings. The van der Waals surface area contributed by atoms with Crippen molar-refractivity contribution in [2.24, 2.45) is 5.92 Å². The Labute approximate surface area is 96.0 Å². The van der Waals surface area contributed by atoms with Gasteiger partial charge in [-0.1, -0.05) is 53.0 Å². The third-order valence-corrected chi connectivity index (χ3v) is 2.25. The zero-order chi connectivity index (χ0) is 12.1. The minimum Gasteiger partial charge on any atom is -0.295 e. The lowest BCUT2D eigenvalue weighted by atomic mass is 9.89. The number of allylic oxidation sites excluding steroid dienone is 2. The first-order chi connectivity index (χ1) is 7.29. The Morgan fingerprint density at radius 2 is 1.47 bits per heavy atom. The number of hydrogen-bond donors (Lipinski definition) is 0. The summed E-state index contributed by atoms with van der Waals surface area (Å²) in [6, 6.07) is 0. The average molecular weight is 212 g/mol. The molecule has 1 saturated carbocycles. The van der Waals surface area contributed by atoms with Crippen LogP contribution in [0.5, 0.6) is 0 Å². The quantitative estimate of drug-likeness (QED) is 0.603. The van der Waals surface area contributed by atoms with Gasteiger partial charge in [-0.2, -0.15) is 0 Å². The maximum Gasteiger partial charge on any atom is 0.152 e. The third-order valence-electron chi connectivity index (χ3n) is 2.25. The van der Waals surface area contributed by atoms with Gasteiger partial charge in [0.15, 0.2) is 5.78 Å². The van der Waals surface area contributed by atoms with Crippen LogP contribution in [-0.4, -0.2) is 5.78 Å². The molecule has 1 fully saturated rings. The van der Waals surface area contributed by atoms with Crippen LogP contribution >= 0.6 is 0 Å². The summed E-state index contributed by atoms with van der Waals surface area (Å²) in [7, 11) is 0. The molecular weight excluding hydrogens is 184 g/mol. The Morgan fingerprint density at radius 1 is 1.00 bits per heavy atom. The van der Waals surface area contributed by atoms with Gasteiger partial charge in [0.05, 0.1) is 0 Å². The highest BCUT2D eigenvalue weighted by Crippen LogP contribution is 2.24. The van der Waals surface area contributed by atoms with Crippen LogP contribution in [0.4, 0.5) is 0 Å². The SMILES string of the molecule is CC.CC.CC(=O)/C=C/C1CCCCC1. The molecule has 0 saturated heterocycles. The molecule has 0 heterocycles. The summed E-state index contributed by atoms with van der Waals surface area (Å²) < 4.78 is 0. The predicted molar refractivity (Wildman–Crippen MR) is 69.1 cm³/mol. The maximum atomic E-state index is 10.6. The van der Waals surface area contributed by atoms with Gasteiger partial charge < -0.3 is 0 Å². The predicted octanol–water partition coefficient (Wildman–Crippen LogP) is 4.76. The Balaban J connectivity index is 0. The van der Waals surface area contributed by atoms with Gasteiger partial charge in [0.1, 0.15) is 0 Å². The maximum absolute atomic E-state index is 10.6. The highest BCUT2D eigenvalue weighted by atomic mass is 16.1. The van der Waals surface area contributed by atoms with Crippen LogP contribution in [-0.2, 0) is 4.79 Å². The van der Waals surface area contributed by atoms with Gasteiger partial charge in [0.2, 0.25) is 0 Å². The molecule has 0 atom stereocenters. The van der Waals surface area contributed by atoms with Crippen LogP contribution in [0.1, 0.15) is 66.7 Å². The molecule has 90 valence electrons. The molecule has 1 rings (SSSR count). The fourth-order valence-corrected chi connectivity index (χ4v) is 1.60. The van der Waals surface area contributed by atoms with Crippen molar-refractivity contribution in [2.75, 3.05) is 0 Å². The smallest absolute Gasteiger partial charge is 0.152 e. The van der Waals surface area contributed by atoms with E-state index in [1.807, 2.05) is 27.7 Å². The third kappa shape index (κ3) is 11.3. The second kappa shape index (κ2) is 13.4. The molecule has 0 aromatic carbocycles. The molecule has 1 aliphatic carbocycles. The highest BCUT2D eigenvalue weighted by Gasteiger charge is 2.09. The standard InChI is InChI=1S/C10H16O.2C2H6/c1-9(11)7-8-10-5-3-2-4-6-10;2*1-2/h7-8,10H,2-6H2,1H3;2*1-2H3/b8-7+;;. The van der Waals surface area contributed by atoms with Crippen LogP contribution < -0.4 is 0 Å². The molecule has 0 aromatic heterocycles. The summed E-state index contributed by atoms with van der Waals surface area (Å²) in [5, 5.41) is 0. The van der Waals surface area contributed by atoms with E-state index in [4.69, 9.17) is 0 Å². The van der Waals surface area contributed by atoms with E-state index < -0.39 is 0 Å². The number of carbonyl (C=O) groups excluding carboxylic acids is 1. The Hall–Kier alpha value is -0.590. The van der Waals surface area contributed by atoms with E-state index in [2.05, 4.69) is 6.08 Å². The molecule has 0 N–H and O–H groups in total. The van der Waals surface area contributed by atoms with Crippen molar-refractivity contribution in [1.29, 1.82) is 0 Å². The molecule has 0 radical (unpaired) electrons. The number of carbonyl (C=O) groups is 1. The molecule has 0 amide bonds. The van der Waals surface area contributed by atoms with E-state index >= 15 is 0 Å². The van der Waals surface area contributed by atoms with Gasteiger partial charge in [-0.15, -0.1) is 0 Å². The lowest BCUT2D eigenvalue weighted by Crippen LogP contribution is -2.03. The first-order valence-electron chi connectivity index (χ1n) is 6.48. The zero-order valence-electron chi connectivity index (χ0n) is 11.2. The molecule has 1 nitrogen and oxygen atoms in total. The lowest BCUT2D eigenvalue weighted by molar-refractivity contribution is -0.112. The largest absolute Gasteiger partial charge is 0.295 e. The average Bonchev–Trinajstić information content (AvgIpc) is 2.33. The van der Waals surface area contributed by atoms with Crippen LogP contribution in [0.2, 0.25) is 0 Å². The van der Waals surface area contributed by atoms with E-state index in [9.17, 15) is 4.79 Å². The number of ketones is 1. The summed E-state index contributed by atoms with van der Waals surface area (Å²) in [5.74, 6) is 0.864. The fraction of sp³-hybridized carbons (Fsp3) is 0.786. The van der Waals surface area contributed by atoms with Gasteiger partial charge in [0, 0.05) is 0 Å². The van der Waals surface area contributed by atoms with Crippen LogP contribution in [0.25, 0.3) is 0 Å². The van der Waals surface area contributed by atoms with E-state index in [-0.39, 0.29) is 5.78 Å². The molecule has 0 bridgehead atoms. The van der Waals surface area contributed by atoms with Crippen molar-refractivity contribution in [1.82, 2.24) is 0 Å². The summed E-state index contributed by atoms with van der Waals surface area (Å²) in [6.45, 7) is 9.61. The van der Waals surface area contributed by atoms with Gasteiger partial charge >= 0.3 is 0 Å². The minimum atomic E-state index is 0.176. The Kier molecular flexibility index (Phi) is 15.0. The molecule has 0 aliphatic heterocycles. The molecular formula is C14H28O. The van der Waals surface area contributed by atoms with Gasteiger partial charge in [-0.05, 0) is 31.8 Å². The van der Waals surface area contributed by atoms with Crippen molar-refractivity contribution in [3.8, 4) is 0 Å². The molecule has 0 unspecified atom stereocenters. The Bertz CT molecular complexity index is 153. The van der Waals surface area contributed by atoms with Crippen LogP contribution in [0.15, 0.2) is 12.2 Å². The summed E-state index contributed by atoms with van der Waals surface area (Å²) in [5.41, 5.74) is 0. The molecule has 0 spiro atoms. The zero-order valence-corrected chi connectivity index (χ0v) is 11.2. The van der Waals surface area contributed by atoms with E-state index in [1.165, 1.54) is 32.1 Å². The van der Waals surface area contributed by atoms with Crippen molar-refractivity contribution < 1.29 is 4.79 Å². The lowest BCUT2D eigenvalue weighted by Gasteiger charge is -2.17. The van der Waals surface area contributed by atoms with Crippen molar-refractivity contribution in [2.45, 2.75) is 66.7 Å². The second-order valence-electron chi connectivity index (χ2n) is 3.37. The molecule has 15 heavy (non-hydrogen) atoms. The van der Waals surface area contributed by atoms with E-state index in [0.717, 1.165) is 0 Å².